The van der Waals surface area contributed by atoms with E-state index in [4.69, 9.17) is 9.72 Å². The lowest BCUT2D eigenvalue weighted by atomic mass is 10.0. The van der Waals surface area contributed by atoms with Crippen molar-refractivity contribution < 1.29 is 17.5 Å². The van der Waals surface area contributed by atoms with Crippen LogP contribution in [0.2, 0.25) is 0 Å². The summed E-state index contributed by atoms with van der Waals surface area (Å²) in [4.78, 5) is 13.6. The molecule has 1 atom stereocenters. The molecule has 0 saturated carbocycles. The molecule has 0 bridgehead atoms. The fraction of sp³-hybridized carbons (Fsp3) is 0.321. The molecular weight excluding hydrogens is 533 g/mol. The highest BCUT2D eigenvalue weighted by Gasteiger charge is 2.22. The van der Waals surface area contributed by atoms with Gasteiger partial charge in [0.15, 0.2) is 0 Å². The molecule has 3 heterocycles. The van der Waals surface area contributed by atoms with E-state index in [9.17, 15) is 12.8 Å². The highest BCUT2D eigenvalue weighted by Crippen LogP contribution is 2.39. The molecular formula is C28H32FN7O3S. The summed E-state index contributed by atoms with van der Waals surface area (Å²) < 4.78 is 50.2. The van der Waals surface area contributed by atoms with Crippen molar-refractivity contribution in [3.63, 3.8) is 0 Å². The van der Waals surface area contributed by atoms with Gasteiger partial charge in [0.25, 0.3) is 0 Å². The molecule has 1 aliphatic heterocycles. The summed E-state index contributed by atoms with van der Waals surface area (Å²) in [6.45, 7) is 5.65. The summed E-state index contributed by atoms with van der Waals surface area (Å²) in [7, 11) is -2.53. The molecule has 0 radical (unpaired) electrons. The van der Waals surface area contributed by atoms with E-state index in [0.29, 0.717) is 39.6 Å². The SMILES string of the molecule is CCN(C)S(=O)(=O)Nc1c(F)ccc2c(Oc3ncccc3-c3ccnc(N[C@H]4CCCNC4)n3)c(C)ccc12. The van der Waals surface area contributed by atoms with Crippen molar-refractivity contribution >= 4 is 32.6 Å². The number of aryl methyl sites for hydroxylation is 1. The molecule has 1 fully saturated rings. The van der Waals surface area contributed by atoms with Gasteiger partial charge in [0.1, 0.15) is 11.6 Å². The summed E-state index contributed by atoms with van der Waals surface area (Å²) in [6.07, 6.45) is 5.43. The zero-order chi connectivity index (χ0) is 28.3. The van der Waals surface area contributed by atoms with Crippen molar-refractivity contribution in [1.82, 2.24) is 24.6 Å². The first-order valence-corrected chi connectivity index (χ1v) is 14.6. The summed E-state index contributed by atoms with van der Waals surface area (Å²) >= 11 is 0. The molecule has 40 heavy (non-hydrogen) atoms. The third kappa shape index (κ3) is 5.83. The number of ether oxygens (including phenoxy) is 1. The van der Waals surface area contributed by atoms with E-state index in [0.717, 1.165) is 35.8 Å². The number of halogens is 1. The van der Waals surface area contributed by atoms with Gasteiger partial charge >= 0.3 is 10.2 Å². The second-order valence-electron chi connectivity index (χ2n) is 9.66. The molecule has 4 aromatic rings. The zero-order valence-electron chi connectivity index (χ0n) is 22.6. The van der Waals surface area contributed by atoms with Crippen LogP contribution in [0.3, 0.4) is 0 Å². The van der Waals surface area contributed by atoms with Gasteiger partial charge in [-0.3, -0.25) is 4.72 Å². The van der Waals surface area contributed by atoms with Gasteiger partial charge in [-0.1, -0.05) is 19.1 Å². The molecule has 5 rings (SSSR count). The number of hydrogen-bond donors (Lipinski definition) is 3. The van der Waals surface area contributed by atoms with Crippen molar-refractivity contribution in [3.8, 4) is 22.9 Å². The lowest BCUT2D eigenvalue weighted by Crippen LogP contribution is -2.38. The van der Waals surface area contributed by atoms with Gasteiger partial charge in [-0.05, 0) is 62.2 Å². The van der Waals surface area contributed by atoms with E-state index in [1.54, 1.807) is 49.6 Å². The molecule has 0 spiro atoms. The van der Waals surface area contributed by atoms with E-state index in [2.05, 4.69) is 25.3 Å². The molecule has 3 N–H and O–H groups in total. The first-order chi connectivity index (χ1) is 19.3. The van der Waals surface area contributed by atoms with Gasteiger partial charge in [-0.15, -0.1) is 0 Å². The minimum Gasteiger partial charge on any atom is -0.437 e. The van der Waals surface area contributed by atoms with Gasteiger partial charge < -0.3 is 15.4 Å². The van der Waals surface area contributed by atoms with Crippen molar-refractivity contribution in [2.24, 2.45) is 0 Å². The molecule has 0 unspecified atom stereocenters. The molecule has 12 heteroatoms. The van der Waals surface area contributed by atoms with Crippen molar-refractivity contribution in [3.05, 3.63) is 66.2 Å². The minimum absolute atomic E-state index is 0.146. The lowest BCUT2D eigenvalue weighted by molar-refractivity contribution is 0.466. The molecule has 0 aliphatic carbocycles. The highest BCUT2D eigenvalue weighted by molar-refractivity contribution is 7.90. The van der Waals surface area contributed by atoms with Crippen LogP contribution < -0.4 is 20.1 Å². The van der Waals surface area contributed by atoms with Crippen LogP contribution in [0.25, 0.3) is 22.0 Å². The predicted octanol–water partition coefficient (Wildman–Crippen LogP) is 4.70. The Hall–Kier alpha value is -3.87. The quantitative estimate of drug-likeness (QED) is 0.267. The Balaban J connectivity index is 1.51. The van der Waals surface area contributed by atoms with Crippen molar-refractivity contribution in [2.75, 3.05) is 36.7 Å². The summed E-state index contributed by atoms with van der Waals surface area (Å²) in [5.41, 5.74) is 1.90. The average Bonchev–Trinajstić information content (AvgIpc) is 2.96. The average molecular weight is 566 g/mol. The molecule has 0 amide bonds. The molecule has 1 saturated heterocycles. The van der Waals surface area contributed by atoms with Gasteiger partial charge in [0, 0.05) is 49.3 Å². The van der Waals surface area contributed by atoms with E-state index in [1.807, 2.05) is 13.0 Å². The molecule has 2 aromatic heterocycles. The topological polar surface area (TPSA) is 121 Å². The van der Waals surface area contributed by atoms with Crippen LogP contribution in [-0.2, 0) is 10.2 Å². The molecule has 10 nitrogen and oxygen atoms in total. The maximum atomic E-state index is 14.9. The van der Waals surface area contributed by atoms with Gasteiger partial charge in [0.2, 0.25) is 11.8 Å². The Morgan fingerprint density at radius 3 is 2.73 bits per heavy atom. The molecule has 210 valence electrons. The lowest BCUT2D eigenvalue weighted by Gasteiger charge is -2.23. The number of anilines is 2. The number of nitrogens with zero attached hydrogens (tertiary/aromatic N) is 4. The largest absolute Gasteiger partial charge is 0.437 e. The normalized spacial score (nSPS) is 15.8. The third-order valence-electron chi connectivity index (χ3n) is 6.92. The van der Waals surface area contributed by atoms with Crippen LogP contribution in [0, 0.1) is 12.7 Å². The van der Waals surface area contributed by atoms with E-state index >= 15 is 0 Å². The van der Waals surface area contributed by atoms with E-state index < -0.39 is 16.0 Å². The monoisotopic (exact) mass is 565 g/mol. The maximum absolute atomic E-state index is 14.9. The Morgan fingerprint density at radius 1 is 1.12 bits per heavy atom. The molecule has 2 aromatic carbocycles. The third-order valence-corrected chi connectivity index (χ3v) is 8.46. The maximum Gasteiger partial charge on any atom is 0.301 e. The van der Waals surface area contributed by atoms with Gasteiger partial charge in [0.05, 0.1) is 16.9 Å². The standard InChI is InChI=1S/C28H32FN7O3S/c1-4-36(3)40(37,38)35-25-20-10-9-18(2)26(21(20)11-12-23(25)29)39-27-22(8-6-15-31-27)24-13-16-32-28(34-24)33-19-7-5-14-30-17-19/h6,8-13,15-16,19,30,35H,4-5,7,14,17H2,1-3H3,(H,32,33,34)/t19-/m0/s1. The fourth-order valence-corrected chi connectivity index (χ4v) is 5.54. The van der Waals surface area contributed by atoms with Gasteiger partial charge in [-0.25, -0.2) is 19.3 Å². The Labute approximate surface area is 233 Å². The van der Waals surface area contributed by atoms with Crippen LogP contribution in [0.15, 0.2) is 54.9 Å². The Kier molecular flexibility index (Phi) is 8.10. The first-order valence-electron chi connectivity index (χ1n) is 13.2. The van der Waals surface area contributed by atoms with E-state index in [-0.39, 0.29) is 18.3 Å². The number of rotatable bonds is 9. The van der Waals surface area contributed by atoms with Crippen LogP contribution >= 0.6 is 0 Å². The van der Waals surface area contributed by atoms with Crippen molar-refractivity contribution in [2.45, 2.75) is 32.7 Å². The number of piperidine rings is 1. The predicted molar refractivity (Wildman–Crippen MR) is 154 cm³/mol. The van der Waals surface area contributed by atoms with Gasteiger partial charge in [-0.2, -0.15) is 12.7 Å². The van der Waals surface area contributed by atoms with Crippen LogP contribution in [-0.4, -0.2) is 60.4 Å². The highest BCUT2D eigenvalue weighted by atomic mass is 32.2. The summed E-state index contributed by atoms with van der Waals surface area (Å²) in [5, 5.41) is 7.66. The van der Waals surface area contributed by atoms with Crippen molar-refractivity contribution in [1.29, 1.82) is 0 Å². The van der Waals surface area contributed by atoms with Crippen LogP contribution in [0.4, 0.5) is 16.0 Å². The smallest absolute Gasteiger partial charge is 0.301 e. The Bertz CT molecular complexity index is 1630. The number of nitrogens with one attached hydrogen (secondary N) is 3. The summed E-state index contributed by atoms with van der Waals surface area (Å²) in [5.74, 6) is 0.566. The fourth-order valence-electron chi connectivity index (χ4n) is 4.58. The summed E-state index contributed by atoms with van der Waals surface area (Å²) in [6, 6.07) is 11.9. The number of pyridine rings is 1. The van der Waals surface area contributed by atoms with Crippen LogP contribution in [0.5, 0.6) is 11.6 Å². The molecule has 1 aliphatic rings. The second kappa shape index (κ2) is 11.7. The number of benzene rings is 2. The first kappa shape index (κ1) is 27.7. The van der Waals surface area contributed by atoms with Crippen LogP contribution in [0.1, 0.15) is 25.3 Å². The second-order valence-corrected chi connectivity index (χ2v) is 11.4. The number of aromatic nitrogens is 3. The minimum atomic E-state index is -3.95. The van der Waals surface area contributed by atoms with E-state index in [1.165, 1.54) is 13.1 Å². The number of hydrogen-bond acceptors (Lipinski definition) is 8. The number of fused-ring (bicyclic) bond motifs is 1. The Morgan fingerprint density at radius 2 is 1.95 bits per heavy atom. The zero-order valence-corrected chi connectivity index (χ0v) is 23.4.